The van der Waals surface area contributed by atoms with Gasteiger partial charge in [0.05, 0.1) is 5.69 Å². The van der Waals surface area contributed by atoms with E-state index >= 15 is 0 Å². The van der Waals surface area contributed by atoms with Crippen LogP contribution in [0.2, 0.25) is 0 Å². The summed E-state index contributed by atoms with van der Waals surface area (Å²) >= 11 is 5.11. The van der Waals surface area contributed by atoms with Crippen molar-refractivity contribution in [3.63, 3.8) is 0 Å². The van der Waals surface area contributed by atoms with E-state index in [-0.39, 0.29) is 11.5 Å². The van der Waals surface area contributed by atoms with Crippen molar-refractivity contribution in [3.8, 4) is 5.75 Å². The van der Waals surface area contributed by atoms with E-state index in [4.69, 9.17) is 12.2 Å². The van der Waals surface area contributed by atoms with Crippen molar-refractivity contribution in [2.24, 2.45) is 0 Å². The third kappa shape index (κ3) is 3.56. The van der Waals surface area contributed by atoms with Crippen LogP contribution in [0.25, 0.3) is 5.76 Å². The number of nitrogens with one attached hydrogen (secondary N) is 1. The first kappa shape index (κ1) is 13.1. The lowest BCUT2D eigenvalue weighted by molar-refractivity contribution is 0.478. The van der Waals surface area contributed by atoms with Crippen LogP contribution in [0.1, 0.15) is 5.56 Å². The van der Waals surface area contributed by atoms with Crippen molar-refractivity contribution in [2.75, 3.05) is 5.32 Å². The number of rotatable bonds is 3. The summed E-state index contributed by atoms with van der Waals surface area (Å²) in [6.07, 6.45) is 1.44. The van der Waals surface area contributed by atoms with Gasteiger partial charge in [-0.05, 0) is 12.1 Å². The Balaban J connectivity index is 2.12. The normalized spacial score (nSPS) is 11.1. The Labute approximate surface area is 116 Å². The summed E-state index contributed by atoms with van der Waals surface area (Å²) in [4.78, 5) is 0.322. The summed E-state index contributed by atoms with van der Waals surface area (Å²) in [6.45, 7) is 0. The molecule has 0 heterocycles. The number of phenolic OH excluding ortho intramolecular Hbond substituents is 1. The van der Waals surface area contributed by atoms with Gasteiger partial charge < -0.3 is 15.5 Å². The minimum absolute atomic E-state index is 0.0773. The smallest absolute Gasteiger partial charge is 0.139 e. The molecule has 3 N–H and O–H groups in total. The number of thiocarbonyl (C=S) groups is 1. The van der Waals surface area contributed by atoms with Crippen molar-refractivity contribution in [1.29, 1.82) is 0 Å². The molecule has 3 nitrogen and oxygen atoms in total. The molecule has 0 saturated heterocycles. The molecular weight excluding hydrogens is 258 g/mol. The average molecular weight is 271 g/mol. The van der Waals surface area contributed by atoms with Gasteiger partial charge in [0, 0.05) is 11.6 Å². The number of anilines is 1. The lowest BCUT2D eigenvalue weighted by Crippen LogP contribution is -2.06. The van der Waals surface area contributed by atoms with E-state index in [0.29, 0.717) is 16.2 Å². The van der Waals surface area contributed by atoms with Crippen LogP contribution in [0.3, 0.4) is 0 Å². The van der Waals surface area contributed by atoms with Crippen LogP contribution in [-0.2, 0) is 0 Å². The zero-order valence-electron chi connectivity index (χ0n) is 10.1. The Morgan fingerprint density at radius 2 is 1.63 bits per heavy atom. The highest BCUT2D eigenvalue weighted by molar-refractivity contribution is 7.81. The first-order valence-electron chi connectivity index (χ1n) is 5.72. The number of aromatic hydroxyl groups is 1. The van der Waals surface area contributed by atoms with Gasteiger partial charge >= 0.3 is 0 Å². The number of aliphatic hydroxyl groups is 1. The highest BCUT2D eigenvalue weighted by Crippen LogP contribution is 2.22. The maximum Gasteiger partial charge on any atom is 0.139 e. The van der Waals surface area contributed by atoms with Crippen LogP contribution in [-0.4, -0.2) is 15.2 Å². The van der Waals surface area contributed by atoms with E-state index in [2.05, 4.69) is 5.32 Å². The van der Waals surface area contributed by atoms with Crippen LogP contribution in [0, 0.1) is 0 Å². The molecule has 0 aliphatic carbocycles. The molecule has 2 aromatic carbocycles. The molecule has 0 fully saturated rings. The van der Waals surface area contributed by atoms with E-state index < -0.39 is 0 Å². The third-order valence-corrected chi connectivity index (χ3v) is 2.72. The predicted molar refractivity (Wildman–Crippen MR) is 81.4 cm³/mol. The van der Waals surface area contributed by atoms with Crippen LogP contribution < -0.4 is 5.32 Å². The van der Waals surface area contributed by atoms with E-state index in [1.54, 1.807) is 36.4 Å². The van der Waals surface area contributed by atoms with Gasteiger partial charge in [-0.2, -0.15) is 0 Å². The second kappa shape index (κ2) is 6.02. The molecule has 19 heavy (non-hydrogen) atoms. The highest BCUT2D eigenvalue weighted by Gasteiger charge is 2.03. The van der Waals surface area contributed by atoms with Crippen LogP contribution in [0.15, 0.2) is 60.7 Å². The number of hydrogen-bond acceptors (Lipinski definition) is 3. The topological polar surface area (TPSA) is 52.5 Å². The Bertz CT molecular complexity index is 609. The molecule has 4 heteroatoms. The SMILES string of the molecule is OC(=CC(=S)Nc1ccccc1O)c1ccccc1. The number of phenols is 1. The third-order valence-electron chi connectivity index (χ3n) is 2.50. The molecule has 0 bridgehead atoms. The molecule has 2 aromatic rings. The van der Waals surface area contributed by atoms with Gasteiger partial charge in [-0.1, -0.05) is 54.7 Å². The Hall–Kier alpha value is -2.33. The van der Waals surface area contributed by atoms with E-state index in [0.717, 1.165) is 0 Å². The molecular formula is C15H13NO2S. The largest absolute Gasteiger partial charge is 0.507 e. The fourth-order valence-electron chi connectivity index (χ4n) is 1.56. The maximum atomic E-state index is 9.91. The molecule has 0 unspecified atom stereocenters. The van der Waals surface area contributed by atoms with Crippen molar-refractivity contribution in [2.45, 2.75) is 0 Å². The Morgan fingerprint density at radius 1 is 1.00 bits per heavy atom. The maximum absolute atomic E-state index is 9.91. The number of para-hydroxylation sites is 2. The summed E-state index contributed by atoms with van der Waals surface area (Å²) in [5, 5.41) is 22.4. The molecule has 2 rings (SSSR count). The monoisotopic (exact) mass is 271 g/mol. The average Bonchev–Trinajstić information content (AvgIpc) is 2.42. The second-order valence-corrected chi connectivity index (χ2v) is 4.34. The summed E-state index contributed by atoms with van der Waals surface area (Å²) in [5.74, 6) is 0.186. The van der Waals surface area contributed by atoms with Crippen LogP contribution in [0.5, 0.6) is 5.75 Å². The van der Waals surface area contributed by atoms with E-state index in [9.17, 15) is 10.2 Å². The second-order valence-electron chi connectivity index (χ2n) is 3.90. The number of benzene rings is 2. The lowest BCUT2D eigenvalue weighted by Gasteiger charge is -2.07. The zero-order chi connectivity index (χ0) is 13.7. The molecule has 96 valence electrons. The van der Waals surface area contributed by atoms with Crippen LogP contribution in [0.4, 0.5) is 5.69 Å². The van der Waals surface area contributed by atoms with Gasteiger partial charge in [0.1, 0.15) is 16.5 Å². The molecule has 0 aliphatic rings. The van der Waals surface area contributed by atoms with Gasteiger partial charge in [-0.25, -0.2) is 0 Å². The van der Waals surface area contributed by atoms with Crippen molar-refractivity contribution in [1.82, 2.24) is 0 Å². The van der Waals surface area contributed by atoms with Gasteiger partial charge in [0.2, 0.25) is 0 Å². The highest BCUT2D eigenvalue weighted by atomic mass is 32.1. The first-order valence-corrected chi connectivity index (χ1v) is 6.12. The molecule has 0 spiro atoms. The van der Waals surface area contributed by atoms with E-state index in [1.165, 1.54) is 6.08 Å². The van der Waals surface area contributed by atoms with Gasteiger partial charge in [0.25, 0.3) is 0 Å². The summed E-state index contributed by atoms with van der Waals surface area (Å²) in [5.41, 5.74) is 1.19. The zero-order valence-corrected chi connectivity index (χ0v) is 10.9. The lowest BCUT2D eigenvalue weighted by atomic mass is 10.2. The summed E-state index contributed by atoms with van der Waals surface area (Å²) in [6, 6.07) is 15.9. The molecule has 0 aliphatic heterocycles. The van der Waals surface area contributed by atoms with Crippen LogP contribution >= 0.6 is 12.2 Å². The molecule has 0 aromatic heterocycles. The summed E-state index contributed by atoms with van der Waals surface area (Å²) in [7, 11) is 0. The van der Waals surface area contributed by atoms with Crippen molar-refractivity contribution >= 4 is 28.7 Å². The quantitative estimate of drug-likeness (QED) is 0.344. The molecule has 0 amide bonds. The Morgan fingerprint density at radius 3 is 2.32 bits per heavy atom. The van der Waals surface area contributed by atoms with Gasteiger partial charge in [-0.3, -0.25) is 0 Å². The molecule has 0 radical (unpaired) electrons. The predicted octanol–water partition coefficient (Wildman–Crippen LogP) is 3.73. The fraction of sp³-hybridized carbons (Fsp3) is 0. The fourth-order valence-corrected chi connectivity index (χ4v) is 1.79. The minimum atomic E-state index is 0.0773. The van der Waals surface area contributed by atoms with Gasteiger partial charge in [0.15, 0.2) is 0 Å². The molecule has 0 atom stereocenters. The minimum Gasteiger partial charge on any atom is -0.507 e. The van der Waals surface area contributed by atoms with E-state index in [1.807, 2.05) is 18.2 Å². The number of aliphatic hydroxyl groups excluding tert-OH is 1. The first-order chi connectivity index (χ1) is 9.16. The van der Waals surface area contributed by atoms with Crippen molar-refractivity contribution in [3.05, 3.63) is 66.2 Å². The Kier molecular flexibility index (Phi) is 4.15. The number of hydrogen-bond donors (Lipinski definition) is 3. The summed E-state index contributed by atoms with van der Waals surface area (Å²) < 4.78 is 0. The molecule has 0 saturated carbocycles. The van der Waals surface area contributed by atoms with Crippen molar-refractivity contribution < 1.29 is 10.2 Å². The van der Waals surface area contributed by atoms with Gasteiger partial charge in [-0.15, -0.1) is 0 Å². The standard InChI is InChI=1S/C15H13NO2S/c17-13-9-5-4-8-12(13)16-15(19)10-14(18)11-6-2-1-3-7-11/h1-10,17-18H,(H,16,19).